The van der Waals surface area contributed by atoms with Gasteiger partial charge in [0.2, 0.25) is 0 Å². The average molecular weight is 224 g/mol. The predicted molar refractivity (Wildman–Crippen MR) is 61.1 cm³/mol. The standard InChI is InChI=1S/C11H20N4O/c1-11(5-4-6-16-11)10(12-2)7-9-8-15(3)14-13-9/h8,10,12H,4-7H2,1-3H3. The summed E-state index contributed by atoms with van der Waals surface area (Å²) < 4.78 is 7.59. The first-order valence-electron chi connectivity index (χ1n) is 5.80. The molecule has 1 fully saturated rings. The van der Waals surface area contributed by atoms with E-state index in [0.29, 0.717) is 6.04 Å². The first-order valence-corrected chi connectivity index (χ1v) is 5.80. The van der Waals surface area contributed by atoms with E-state index in [1.165, 1.54) is 0 Å². The van der Waals surface area contributed by atoms with Gasteiger partial charge in [0.25, 0.3) is 0 Å². The van der Waals surface area contributed by atoms with Gasteiger partial charge in [-0.05, 0) is 26.8 Å². The second-order valence-corrected chi connectivity index (χ2v) is 4.69. The van der Waals surface area contributed by atoms with Crippen LogP contribution in [0.1, 0.15) is 25.5 Å². The highest BCUT2D eigenvalue weighted by Gasteiger charge is 2.37. The Morgan fingerprint density at radius 1 is 1.69 bits per heavy atom. The third kappa shape index (κ3) is 2.25. The van der Waals surface area contributed by atoms with Crippen LogP contribution in [0.5, 0.6) is 0 Å². The number of nitrogens with zero attached hydrogens (tertiary/aromatic N) is 3. The summed E-state index contributed by atoms with van der Waals surface area (Å²) in [6, 6.07) is 0.298. The number of aromatic nitrogens is 3. The van der Waals surface area contributed by atoms with E-state index in [0.717, 1.165) is 31.6 Å². The van der Waals surface area contributed by atoms with Crippen LogP contribution in [0, 0.1) is 0 Å². The second-order valence-electron chi connectivity index (χ2n) is 4.69. The predicted octanol–water partition coefficient (Wildman–Crippen LogP) is 0.515. The van der Waals surface area contributed by atoms with Crippen molar-refractivity contribution >= 4 is 0 Å². The lowest BCUT2D eigenvalue weighted by molar-refractivity contribution is -0.00967. The summed E-state index contributed by atoms with van der Waals surface area (Å²) in [5.41, 5.74) is 0.949. The Kier molecular flexibility index (Phi) is 3.25. The average Bonchev–Trinajstić information content (AvgIpc) is 2.85. The van der Waals surface area contributed by atoms with Crippen LogP contribution >= 0.6 is 0 Å². The third-order valence-corrected chi connectivity index (χ3v) is 3.40. The van der Waals surface area contributed by atoms with Crippen molar-refractivity contribution in [2.24, 2.45) is 7.05 Å². The maximum Gasteiger partial charge on any atom is 0.0843 e. The van der Waals surface area contributed by atoms with Crippen LogP contribution in [-0.2, 0) is 18.2 Å². The van der Waals surface area contributed by atoms with E-state index in [2.05, 4.69) is 22.6 Å². The summed E-state index contributed by atoms with van der Waals surface area (Å²) in [5.74, 6) is 0. The fourth-order valence-electron chi connectivity index (χ4n) is 2.40. The molecule has 90 valence electrons. The summed E-state index contributed by atoms with van der Waals surface area (Å²) in [4.78, 5) is 0. The van der Waals surface area contributed by atoms with Gasteiger partial charge in [-0.1, -0.05) is 5.21 Å². The van der Waals surface area contributed by atoms with E-state index in [1.54, 1.807) is 4.68 Å². The number of aryl methyl sites for hydroxylation is 1. The van der Waals surface area contributed by atoms with Crippen molar-refractivity contribution in [1.29, 1.82) is 0 Å². The van der Waals surface area contributed by atoms with Crippen LogP contribution in [-0.4, -0.2) is 40.3 Å². The van der Waals surface area contributed by atoms with Crippen molar-refractivity contribution in [2.75, 3.05) is 13.7 Å². The Bertz CT molecular complexity index is 344. The Morgan fingerprint density at radius 2 is 2.50 bits per heavy atom. The van der Waals surface area contributed by atoms with Gasteiger partial charge < -0.3 is 10.1 Å². The lowest BCUT2D eigenvalue weighted by Crippen LogP contribution is -2.48. The molecule has 0 bridgehead atoms. The molecule has 2 atom stereocenters. The molecule has 1 aromatic heterocycles. The Labute approximate surface area is 96.2 Å². The minimum atomic E-state index is -0.0632. The van der Waals surface area contributed by atoms with Crippen molar-refractivity contribution in [1.82, 2.24) is 20.3 Å². The minimum absolute atomic E-state index is 0.0632. The molecule has 0 amide bonds. The molecule has 16 heavy (non-hydrogen) atoms. The first-order chi connectivity index (χ1) is 7.64. The van der Waals surface area contributed by atoms with Crippen LogP contribution in [0.4, 0.5) is 0 Å². The quantitative estimate of drug-likeness (QED) is 0.810. The van der Waals surface area contributed by atoms with Gasteiger partial charge in [-0.2, -0.15) is 0 Å². The summed E-state index contributed by atoms with van der Waals surface area (Å²) >= 11 is 0. The SMILES string of the molecule is CNC(Cc1cn(C)nn1)C1(C)CCCO1. The minimum Gasteiger partial charge on any atom is -0.374 e. The number of hydrogen-bond acceptors (Lipinski definition) is 4. The van der Waals surface area contributed by atoms with Crippen molar-refractivity contribution in [3.8, 4) is 0 Å². The molecule has 0 saturated carbocycles. The molecule has 1 aliphatic heterocycles. The number of nitrogens with one attached hydrogen (secondary N) is 1. The number of ether oxygens (including phenoxy) is 1. The van der Waals surface area contributed by atoms with Crippen LogP contribution in [0.3, 0.4) is 0 Å². The van der Waals surface area contributed by atoms with Gasteiger partial charge >= 0.3 is 0 Å². The largest absolute Gasteiger partial charge is 0.374 e. The fourth-order valence-corrected chi connectivity index (χ4v) is 2.40. The van der Waals surface area contributed by atoms with Gasteiger partial charge in [-0.3, -0.25) is 4.68 Å². The summed E-state index contributed by atoms with van der Waals surface area (Å²) in [5, 5.41) is 11.4. The molecule has 0 aliphatic carbocycles. The Balaban J connectivity index is 2.05. The molecule has 5 heteroatoms. The molecule has 1 aromatic rings. The first kappa shape index (κ1) is 11.5. The van der Waals surface area contributed by atoms with Gasteiger partial charge in [0.1, 0.15) is 0 Å². The van der Waals surface area contributed by atoms with E-state index < -0.39 is 0 Å². The highest BCUT2D eigenvalue weighted by atomic mass is 16.5. The lowest BCUT2D eigenvalue weighted by Gasteiger charge is -2.32. The van der Waals surface area contributed by atoms with Crippen LogP contribution in [0.15, 0.2) is 6.20 Å². The van der Waals surface area contributed by atoms with E-state index in [-0.39, 0.29) is 5.60 Å². The van der Waals surface area contributed by atoms with Crippen molar-refractivity contribution in [2.45, 2.75) is 37.8 Å². The second kappa shape index (κ2) is 4.51. The van der Waals surface area contributed by atoms with Crippen LogP contribution < -0.4 is 5.32 Å². The topological polar surface area (TPSA) is 52.0 Å². The van der Waals surface area contributed by atoms with Gasteiger partial charge in [0, 0.05) is 32.3 Å². The maximum absolute atomic E-state index is 5.85. The molecule has 5 nitrogen and oxygen atoms in total. The molecular weight excluding hydrogens is 204 g/mol. The van der Waals surface area contributed by atoms with E-state index in [1.807, 2.05) is 20.3 Å². The molecule has 0 spiro atoms. The molecule has 2 heterocycles. The highest BCUT2D eigenvalue weighted by molar-refractivity contribution is 5.02. The van der Waals surface area contributed by atoms with Crippen molar-refractivity contribution < 1.29 is 4.74 Å². The van der Waals surface area contributed by atoms with Crippen molar-refractivity contribution in [3.05, 3.63) is 11.9 Å². The van der Waals surface area contributed by atoms with E-state index >= 15 is 0 Å². The molecule has 0 radical (unpaired) electrons. The summed E-state index contributed by atoms with van der Waals surface area (Å²) in [6.45, 7) is 3.05. The zero-order valence-electron chi connectivity index (χ0n) is 10.2. The zero-order valence-corrected chi connectivity index (χ0v) is 10.2. The molecular formula is C11H20N4O. The smallest absolute Gasteiger partial charge is 0.0843 e. The van der Waals surface area contributed by atoms with Gasteiger partial charge in [-0.15, -0.1) is 5.10 Å². The highest BCUT2D eigenvalue weighted by Crippen LogP contribution is 2.29. The summed E-state index contributed by atoms with van der Waals surface area (Å²) in [7, 11) is 3.87. The monoisotopic (exact) mass is 224 g/mol. The summed E-state index contributed by atoms with van der Waals surface area (Å²) in [6.07, 6.45) is 5.08. The Hall–Kier alpha value is -0.940. The molecule has 2 unspecified atom stereocenters. The molecule has 1 saturated heterocycles. The van der Waals surface area contributed by atoms with Gasteiger partial charge in [-0.25, -0.2) is 0 Å². The maximum atomic E-state index is 5.85. The molecule has 2 rings (SSSR count). The van der Waals surface area contributed by atoms with Gasteiger partial charge in [0.05, 0.1) is 11.3 Å². The van der Waals surface area contributed by atoms with Crippen LogP contribution in [0.25, 0.3) is 0 Å². The lowest BCUT2D eigenvalue weighted by atomic mass is 9.90. The third-order valence-electron chi connectivity index (χ3n) is 3.40. The van der Waals surface area contributed by atoms with E-state index in [9.17, 15) is 0 Å². The van der Waals surface area contributed by atoms with Crippen LogP contribution in [0.2, 0.25) is 0 Å². The molecule has 1 aliphatic rings. The Morgan fingerprint density at radius 3 is 3.00 bits per heavy atom. The van der Waals surface area contributed by atoms with Gasteiger partial charge in [0.15, 0.2) is 0 Å². The zero-order chi connectivity index (χ0) is 11.6. The molecule has 0 aromatic carbocycles. The number of rotatable bonds is 4. The number of hydrogen-bond donors (Lipinski definition) is 1. The molecule has 1 N–H and O–H groups in total. The normalized spacial score (nSPS) is 27.2. The number of likely N-dealkylation sites (N-methyl/N-ethyl adjacent to an activating group) is 1. The fraction of sp³-hybridized carbons (Fsp3) is 0.818. The van der Waals surface area contributed by atoms with E-state index in [4.69, 9.17) is 4.74 Å². The van der Waals surface area contributed by atoms with Crippen molar-refractivity contribution in [3.63, 3.8) is 0 Å².